The predicted octanol–water partition coefficient (Wildman–Crippen LogP) is 7.40. The highest BCUT2D eigenvalue weighted by Crippen LogP contribution is 2.41. The van der Waals surface area contributed by atoms with E-state index in [0.29, 0.717) is 12.0 Å². The van der Waals surface area contributed by atoms with Crippen LogP contribution in [0.25, 0.3) is 17.1 Å². The van der Waals surface area contributed by atoms with Crippen LogP contribution < -0.4 is 15.9 Å². The lowest BCUT2D eigenvalue weighted by Gasteiger charge is -2.26. The van der Waals surface area contributed by atoms with E-state index in [4.69, 9.17) is 6.30 Å². The van der Waals surface area contributed by atoms with Crippen LogP contribution in [0.3, 0.4) is 0 Å². The fourth-order valence-corrected chi connectivity index (χ4v) is 8.85. The number of allylic oxidation sites excluding steroid dienone is 2. The Labute approximate surface area is 294 Å². The van der Waals surface area contributed by atoms with E-state index in [9.17, 15) is 4.79 Å². The Morgan fingerprint density at radius 2 is 1.00 bits per heavy atom. The monoisotopic (exact) mass is 676 g/mol. The second kappa shape index (κ2) is 16.5. The predicted molar refractivity (Wildman–Crippen MR) is 211 cm³/mol. The molecule has 0 saturated carbocycles. The van der Waals surface area contributed by atoms with Crippen molar-refractivity contribution in [3.05, 3.63) is 182 Å². The van der Waals surface area contributed by atoms with E-state index in [1.807, 2.05) is 36.6 Å². The van der Waals surface area contributed by atoms with Crippen molar-refractivity contribution >= 4 is 52.5 Å². The third-order valence-electron chi connectivity index (χ3n) is 8.29. The van der Waals surface area contributed by atoms with Gasteiger partial charge < -0.3 is 0 Å². The van der Waals surface area contributed by atoms with Gasteiger partial charge in [0.25, 0.3) is 0 Å². The quantitative estimate of drug-likeness (QED) is 0.0905. The molecule has 7 aromatic rings. The number of aryl methyl sites for hydroxylation is 2. The van der Waals surface area contributed by atoms with E-state index in [2.05, 4.69) is 137 Å². The summed E-state index contributed by atoms with van der Waals surface area (Å²) in [6, 6.07) is 35.8. The van der Waals surface area contributed by atoms with Gasteiger partial charge in [-0.1, -0.05) is 122 Å². The molecule has 0 unspecified atom stereocenters. The molecule has 0 aliphatic carbocycles. The molecule has 0 amide bonds. The number of benzene rings is 3. The van der Waals surface area contributed by atoms with Gasteiger partial charge in [0.15, 0.2) is 6.29 Å². The molecule has 7 nitrogen and oxygen atoms in total. The number of nitrogens with zero attached hydrogens (tertiary/aromatic N) is 6. The molecule has 4 aromatic heterocycles. The number of hydrogen-bond acceptors (Lipinski definition) is 5. The second-order valence-corrected chi connectivity index (χ2v) is 14.7. The third kappa shape index (κ3) is 7.39. The lowest BCUT2D eigenvalue weighted by atomic mass is 10.2. The van der Waals surface area contributed by atoms with Crippen LogP contribution >= 0.6 is 6.89 Å². The van der Waals surface area contributed by atoms with E-state index >= 15 is 0 Å². The molecule has 3 aromatic carbocycles. The summed E-state index contributed by atoms with van der Waals surface area (Å²) in [6.45, 7) is 13.3. The van der Waals surface area contributed by atoms with E-state index in [1.54, 1.807) is 16.9 Å². The Morgan fingerprint density at radius 1 is 0.620 bits per heavy atom. The molecule has 0 aliphatic heterocycles. The largest absolute Gasteiger partial charge is 0.298 e. The zero-order valence-corrected chi connectivity index (χ0v) is 29.5. The van der Waals surface area contributed by atoms with Crippen LogP contribution in [-0.2, 0) is 12.8 Å². The summed E-state index contributed by atoms with van der Waals surface area (Å²) in [5.41, 5.74) is 7.36. The number of carbonyl (C=O) groups excluding carboxylic acids is 1. The summed E-state index contributed by atoms with van der Waals surface area (Å²) in [7, 11) is 0. The van der Waals surface area contributed by atoms with E-state index in [0.717, 1.165) is 52.1 Å². The molecule has 250 valence electrons. The first kappa shape index (κ1) is 35.4. The molecular formula is C42H41N6OP. The molecule has 0 atom stereocenters. The number of fused-ring (bicyclic) bond motifs is 2. The number of rotatable bonds is 9. The Hall–Kier alpha value is -5.91. The zero-order valence-electron chi connectivity index (χ0n) is 28.6. The Bertz CT molecular complexity index is 2090. The first-order valence-electron chi connectivity index (χ1n) is 16.2. The highest BCUT2D eigenvalue weighted by Gasteiger charge is 2.21. The van der Waals surface area contributed by atoms with E-state index in [-0.39, 0.29) is 0 Å². The van der Waals surface area contributed by atoms with Gasteiger partial charge in [0.05, 0.1) is 22.4 Å². The van der Waals surface area contributed by atoms with Gasteiger partial charge in [-0.3, -0.25) is 4.79 Å². The summed E-state index contributed by atoms with van der Waals surface area (Å²) in [6.07, 6.45) is 15.4. The summed E-state index contributed by atoms with van der Waals surface area (Å²) >= 11 is 0. The van der Waals surface area contributed by atoms with Crippen molar-refractivity contribution in [3.8, 4) is 0 Å². The third-order valence-corrected chi connectivity index (χ3v) is 11.8. The molecule has 0 bridgehead atoms. The second-order valence-electron chi connectivity index (χ2n) is 11.5. The average Bonchev–Trinajstić information content (AvgIpc) is 3.69. The molecule has 4 heterocycles. The van der Waals surface area contributed by atoms with Crippen molar-refractivity contribution in [2.45, 2.75) is 26.7 Å². The molecule has 50 heavy (non-hydrogen) atoms. The molecule has 0 spiro atoms. The maximum absolute atomic E-state index is 10.9. The summed E-state index contributed by atoms with van der Waals surface area (Å²) in [5, 5.41) is 12.3. The molecule has 0 radical (unpaired) electrons. The SMILES string of the molecule is C=CCc1ncnn2c(C)cc(C=C)c12.C=CCc1ncnn2c(C)cc(C=O)c12.C=P(c1ccccc1)(c1ccccc1)c1ccccc1. The smallest absolute Gasteiger partial charge is 0.152 e. The van der Waals surface area contributed by atoms with Crippen LogP contribution in [0.15, 0.2) is 148 Å². The first-order chi connectivity index (χ1) is 24.4. The van der Waals surface area contributed by atoms with Gasteiger partial charge >= 0.3 is 0 Å². The average molecular weight is 677 g/mol. The molecule has 8 heteroatoms. The van der Waals surface area contributed by atoms with Crippen molar-refractivity contribution < 1.29 is 4.79 Å². The number of aromatic nitrogens is 6. The molecule has 0 N–H and O–H groups in total. The van der Waals surface area contributed by atoms with Gasteiger partial charge in [0.2, 0.25) is 0 Å². The minimum absolute atomic E-state index is 0.630. The normalized spacial score (nSPS) is 10.8. The highest BCUT2D eigenvalue weighted by molar-refractivity contribution is 7.93. The van der Waals surface area contributed by atoms with Gasteiger partial charge in [-0.15, -0.1) is 13.2 Å². The first-order valence-corrected chi connectivity index (χ1v) is 18.2. The van der Waals surface area contributed by atoms with Crippen LogP contribution in [0.4, 0.5) is 0 Å². The van der Waals surface area contributed by atoms with Gasteiger partial charge in [-0.2, -0.15) is 10.2 Å². The van der Waals surface area contributed by atoms with Gasteiger partial charge in [-0.25, -0.2) is 19.0 Å². The molecule has 7 rings (SSSR count). The van der Waals surface area contributed by atoms with E-state index < -0.39 is 6.89 Å². The van der Waals surface area contributed by atoms with Crippen LogP contribution in [0, 0.1) is 13.8 Å². The Kier molecular flexibility index (Phi) is 11.7. The zero-order chi connectivity index (χ0) is 35.5. The maximum Gasteiger partial charge on any atom is 0.152 e. The summed E-state index contributed by atoms with van der Waals surface area (Å²) in [5.74, 6) is 0. The topological polar surface area (TPSA) is 77.4 Å². The van der Waals surface area contributed by atoms with Gasteiger partial charge in [0, 0.05) is 35.4 Å². The van der Waals surface area contributed by atoms with Crippen molar-refractivity contribution in [2.75, 3.05) is 0 Å². The number of hydrogen-bond donors (Lipinski definition) is 0. The van der Waals surface area contributed by atoms with Gasteiger partial charge in [-0.05, 0) is 48.8 Å². The van der Waals surface area contributed by atoms with Crippen LogP contribution in [0.1, 0.15) is 38.7 Å². The highest BCUT2D eigenvalue weighted by atomic mass is 31.2. The fraction of sp³-hybridized carbons (Fsp3) is 0.0952. The minimum Gasteiger partial charge on any atom is -0.298 e. The number of aldehydes is 1. The van der Waals surface area contributed by atoms with Crippen LogP contribution in [0.5, 0.6) is 0 Å². The maximum atomic E-state index is 10.9. The lowest BCUT2D eigenvalue weighted by Crippen LogP contribution is -2.25. The van der Waals surface area contributed by atoms with Crippen LogP contribution in [0.2, 0.25) is 0 Å². The van der Waals surface area contributed by atoms with Crippen molar-refractivity contribution in [1.29, 1.82) is 0 Å². The van der Waals surface area contributed by atoms with E-state index in [1.165, 1.54) is 22.2 Å². The molecular weight excluding hydrogens is 635 g/mol. The lowest BCUT2D eigenvalue weighted by molar-refractivity contribution is 0.112. The standard InChI is InChI=1S/C19H17P.C12H13N3.C11H11N3O/c1-20(17-11-5-2-6-12-17,18-13-7-3-8-14-18)19-15-9-4-10-16-19;1-4-6-11-12-10(5-2)7-9(3)15(12)14-8-13-11;1-3-4-10-11-9(6-15)5-8(2)14(11)13-7-12-10/h2-16H,1H2;4-5,7-8H,1-2,6H2,3H3;3,5-7H,1,4H2,2H3. The fourth-order valence-electron chi connectivity index (χ4n) is 5.91. The Balaban J connectivity index is 0.000000148. The minimum atomic E-state index is -1.78. The van der Waals surface area contributed by atoms with Crippen molar-refractivity contribution in [2.24, 2.45) is 0 Å². The van der Waals surface area contributed by atoms with Crippen molar-refractivity contribution in [3.63, 3.8) is 0 Å². The number of carbonyl (C=O) groups is 1. The molecule has 0 fully saturated rings. The van der Waals surface area contributed by atoms with Gasteiger partial charge in [0.1, 0.15) is 12.7 Å². The molecule has 0 saturated heterocycles. The van der Waals surface area contributed by atoms with Crippen molar-refractivity contribution in [1.82, 2.24) is 29.2 Å². The Morgan fingerprint density at radius 3 is 1.36 bits per heavy atom. The summed E-state index contributed by atoms with van der Waals surface area (Å²) in [4.78, 5) is 19.3. The molecule has 0 aliphatic rings. The van der Waals surface area contributed by atoms with Crippen LogP contribution in [-0.4, -0.2) is 41.8 Å². The summed E-state index contributed by atoms with van der Waals surface area (Å²) < 4.78 is 3.62.